The molecular formula is C29H33N3O3S. The number of rotatable bonds is 10. The van der Waals surface area contributed by atoms with Gasteiger partial charge in [-0.25, -0.2) is 0 Å². The van der Waals surface area contributed by atoms with Crippen molar-refractivity contribution >= 4 is 33.9 Å². The number of aryl methyl sites for hydroxylation is 1. The summed E-state index contributed by atoms with van der Waals surface area (Å²) in [7, 11) is 4.99. The molecule has 3 aromatic carbocycles. The molecule has 0 saturated carbocycles. The van der Waals surface area contributed by atoms with Crippen LogP contribution >= 0.6 is 12.2 Å². The van der Waals surface area contributed by atoms with E-state index in [-0.39, 0.29) is 0 Å². The Bertz CT molecular complexity index is 1330. The van der Waals surface area contributed by atoms with Crippen LogP contribution in [0, 0.1) is 0 Å². The van der Waals surface area contributed by atoms with Crippen molar-refractivity contribution < 1.29 is 14.2 Å². The topological polar surface area (TPSA) is 58.8 Å². The van der Waals surface area contributed by atoms with Crippen LogP contribution < -0.4 is 19.5 Å². The minimum absolute atomic E-state index is 0.631. The van der Waals surface area contributed by atoms with Crippen LogP contribution in [0.1, 0.15) is 23.6 Å². The number of nitrogens with one attached hydrogen (secondary N) is 2. The Morgan fingerprint density at radius 1 is 0.917 bits per heavy atom. The average molecular weight is 504 g/mol. The van der Waals surface area contributed by atoms with Crippen molar-refractivity contribution in [3.05, 3.63) is 83.6 Å². The number of methoxy groups -OCH3 is 3. The third-order valence-corrected chi connectivity index (χ3v) is 6.73. The molecule has 1 heterocycles. The van der Waals surface area contributed by atoms with Crippen molar-refractivity contribution in [2.24, 2.45) is 0 Å². The van der Waals surface area contributed by atoms with Gasteiger partial charge in [-0.05, 0) is 78.1 Å². The first kappa shape index (κ1) is 25.4. The van der Waals surface area contributed by atoms with Crippen LogP contribution in [0.2, 0.25) is 0 Å². The van der Waals surface area contributed by atoms with Crippen LogP contribution in [0.15, 0.2) is 66.9 Å². The zero-order valence-corrected chi connectivity index (χ0v) is 22.1. The van der Waals surface area contributed by atoms with Gasteiger partial charge >= 0.3 is 0 Å². The molecule has 6 nitrogen and oxygen atoms in total. The van der Waals surface area contributed by atoms with Gasteiger partial charge in [0.25, 0.3) is 0 Å². The van der Waals surface area contributed by atoms with Gasteiger partial charge in [-0.3, -0.25) is 0 Å². The van der Waals surface area contributed by atoms with Crippen molar-refractivity contribution in [3.8, 4) is 17.2 Å². The molecule has 0 spiro atoms. The first-order valence-electron chi connectivity index (χ1n) is 12.0. The van der Waals surface area contributed by atoms with Crippen LogP contribution in [-0.4, -0.2) is 42.9 Å². The molecule has 0 aliphatic carbocycles. The summed E-state index contributed by atoms with van der Waals surface area (Å²) in [4.78, 5) is 5.57. The molecule has 0 amide bonds. The molecule has 0 bridgehead atoms. The number of H-pyrrole nitrogens is 1. The molecule has 0 radical (unpaired) electrons. The molecule has 4 rings (SSSR count). The standard InChI is InChI=1S/C29H33N3O3S/c1-5-21-8-6-7-9-25(21)31-29(36)32(19-20-10-13-27(34-3)28(16-20)35-4)15-14-22-18-30-26-12-11-23(33-2)17-24(22)26/h6-13,16-18,30H,5,14-15,19H2,1-4H3,(H,31,36). The summed E-state index contributed by atoms with van der Waals surface area (Å²) >= 11 is 5.94. The van der Waals surface area contributed by atoms with E-state index in [2.05, 4.69) is 52.6 Å². The summed E-state index contributed by atoms with van der Waals surface area (Å²) in [5, 5.41) is 5.34. The van der Waals surface area contributed by atoms with E-state index in [0.717, 1.165) is 47.3 Å². The Morgan fingerprint density at radius 3 is 2.47 bits per heavy atom. The maximum Gasteiger partial charge on any atom is 0.173 e. The number of hydrogen-bond acceptors (Lipinski definition) is 4. The molecule has 0 atom stereocenters. The van der Waals surface area contributed by atoms with Gasteiger partial charge in [-0.1, -0.05) is 31.2 Å². The van der Waals surface area contributed by atoms with Gasteiger partial charge in [0, 0.05) is 35.9 Å². The molecule has 4 aromatic rings. The third-order valence-electron chi connectivity index (χ3n) is 6.37. The highest BCUT2D eigenvalue weighted by Gasteiger charge is 2.15. The molecule has 1 aromatic heterocycles. The number of aromatic amines is 1. The number of anilines is 1. The molecule has 0 unspecified atom stereocenters. The zero-order chi connectivity index (χ0) is 25.5. The van der Waals surface area contributed by atoms with Gasteiger partial charge in [0.15, 0.2) is 16.6 Å². The number of para-hydroxylation sites is 1. The van der Waals surface area contributed by atoms with E-state index >= 15 is 0 Å². The summed E-state index contributed by atoms with van der Waals surface area (Å²) in [6.07, 6.45) is 3.82. The first-order chi connectivity index (χ1) is 17.6. The second kappa shape index (κ2) is 11.8. The Hall–Kier alpha value is -3.71. The lowest BCUT2D eigenvalue weighted by Crippen LogP contribution is -2.36. The lowest BCUT2D eigenvalue weighted by Gasteiger charge is -2.27. The normalized spacial score (nSPS) is 10.8. The van der Waals surface area contributed by atoms with Crippen molar-refractivity contribution in [3.63, 3.8) is 0 Å². The lowest BCUT2D eigenvalue weighted by molar-refractivity contribution is 0.353. The monoisotopic (exact) mass is 503 g/mol. The minimum Gasteiger partial charge on any atom is -0.497 e. The number of ether oxygens (including phenoxy) is 3. The van der Waals surface area contributed by atoms with E-state index in [1.54, 1.807) is 21.3 Å². The van der Waals surface area contributed by atoms with Gasteiger partial charge in [-0.2, -0.15) is 0 Å². The fourth-order valence-electron chi connectivity index (χ4n) is 4.34. The summed E-state index contributed by atoms with van der Waals surface area (Å²) < 4.78 is 16.4. The van der Waals surface area contributed by atoms with Crippen LogP contribution in [0.5, 0.6) is 17.2 Å². The summed E-state index contributed by atoms with van der Waals surface area (Å²) in [5.41, 5.74) is 5.67. The molecule has 0 fully saturated rings. The number of benzene rings is 3. The van der Waals surface area contributed by atoms with E-state index in [1.165, 1.54) is 11.1 Å². The van der Waals surface area contributed by atoms with Crippen molar-refractivity contribution in [2.45, 2.75) is 26.3 Å². The van der Waals surface area contributed by atoms with E-state index < -0.39 is 0 Å². The summed E-state index contributed by atoms with van der Waals surface area (Å²) in [6.45, 7) is 3.51. The van der Waals surface area contributed by atoms with Crippen LogP contribution in [0.4, 0.5) is 5.69 Å². The van der Waals surface area contributed by atoms with Crippen molar-refractivity contribution in [1.82, 2.24) is 9.88 Å². The number of fused-ring (bicyclic) bond motifs is 1. The fourth-order valence-corrected chi connectivity index (χ4v) is 4.61. The molecule has 36 heavy (non-hydrogen) atoms. The fraction of sp³-hybridized carbons (Fsp3) is 0.276. The van der Waals surface area contributed by atoms with E-state index in [0.29, 0.717) is 23.2 Å². The molecule has 0 aliphatic heterocycles. The zero-order valence-electron chi connectivity index (χ0n) is 21.3. The van der Waals surface area contributed by atoms with E-state index in [1.807, 2.05) is 36.4 Å². The number of aromatic nitrogens is 1. The highest BCUT2D eigenvalue weighted by molar-refractivity contribution is 7.80. The Balaban J connectivity index is 1.59. The van der Waals surface area contributed by atoms with Gasteiger partial charge in [0.1, 0.15) is 5.75 Å². The molecule has 7 heteroatoms. The summed E-state index contributed by atoms with van der Waals surface area (Å²) in [6, 6.07) is 20.4. The van der Waals surface area contributed by atoms with Crippen LogP contribution in [-0.2, 0) is 19.4 Å². The highest BCUT2D eigenvalue weighted by atomic mass is 32.1. The predicted octanol–water partition coefficient (Wildman–Crippen LogP) is 6.20. The molecular weight excluding hydrogens is 470 g/mol. The molecule has 0 saturated heterocycles. The average Bonchev–Trinajstić information content (AvgIpc) is 3.33. The molecule has 2 N–H and O–H groups in total. The predicted molar refractivity (Wildman–Crippen MR) is 151 cm³/mol. The maximum absolute atomic E-state index is 5.94. The van der Waals surface area contributed by atoms with Crippen LogP contribution in [0.3, 0.4) is 0 Å². The smallest absolute Gasteiger partial charge is 0.173 e. The van der Waals surface area contributed by atoms with Crippen molar-refractivity contribution in [2.75, 3.05) is 33.2 Å². The second-order valence-electron chi connectivity index (χ2n) is 8.53. The van der Waals surface area contributed by atoms with Crippen LogP contribution in [0.25, 0.3) is 10.9 Å². The second-order valence-corrected chi connectivity index (χ2v) is 8.91. The lowest BCUT2D eigenvalue weighted by atomic mass is 10.1. The Kier molecular flexibility index (Phi) is 8.33. The van der Waals surface area contributed by atoms with Gasteiger partial charge in [0.2, 0.25) is 0 Å². The van der Waals surface area contributed by atoms with Gasteiger partial charge in [0.05, 0.1) is 21.3 Å². The first-order valence-corrected chi connectivity index (χ1v) is 12.5. The number of nitrogens with zero attached hydrogens (tertiary/aromatic N) is 1. The summed E-state index contributed by atoms with van der Waals surface area (Å²) in [5.74, 6) is 2.26. The van der Waals surface area contributed by atoms with Gasteiger partial charge in [-0.15, -0.1) is 0 Å². The Labute approximate surface area is 218 Å². The quantitative estimate of drug-likeness (QED) is 0.251. The third kappa shape index (κ3) is 5.74. The number of thiocarbonyl (C=S) groups is 1. The van der Waals surface area contributed by atoms with E-state index in [4.69, 9.17) is 26.4 Å². The largest absolute Gasteiger partial charge is 0.497 e. The minimum atomic E-state index is 0.631. The molecule has 0 aliphatic rings. The van der Waals surface area contributed by atoms with Crippen molar-refractivity contribution in [1.29, 1.82) is 0 Å². The Morgan fingerprint density at radius 2 is 1.72 bits per heavy atom. The molecule has 188 valence electrons. The SMILES string of the molecule is CCc1ccccc1NC(=S)N(CCc1c[nH]c2ccc(OC)cc12)Cc1ccc(OC)c(OC)c1. The van der Waals surface area contributed by atoms with Gasteiger partial charge < -0.3 is 29.4 Å². The maximum atomic E-state index is 5.94. The highest BCUT2D eigenvalue weighted by Crippen LogP contribution is 2.29. The van der Waals surface area contributed by atoms with E-state index in [9.17, 15) is 0 Å². The number of hydrogen-bond donors (Lipinski definition) is 2.